The third kappa shape index (κ3) is 2.74. The number of benzene rings is 1. The molecule has 0 saturated heterocycles. The highest BCUT2D eigenvalue weighted by molar-refractivity contribution is 6.29. The molecule has 0 atom stereocenters. The van der Waals surface area contributed by atoms with E-state index in [1.54, 1.807) is 4.57 Å². The van der Waals surface area contributed by atoms with Gasteiger partial charge in [-0.1, -0.05) is 35.4 Å². The summed E-state index contributed by atoms with van der Waals surface area (Å²) < 4.78 is 1.55. The normalized spacial score (nSPS) is 10.5. The van der Waals surface area contributed by atoms with E-state index in [2.05, 4.69) is 23.2 Å². The van der Waals surface area contributed by atoms with Gasteiger partial charge in [-0.15, -0.1) is 0 Å². The minimum Gasteiger partial charge on any atom is -0.295 e. The van der Waals surface area contributed by atoms with Crippen LogP contribution in [0.5, 0.6) is 0 Å². The van der Waals surface area contributed by atoms with E-state index >= 15 is 0 Å². The number of aromatic nitrogens is 2. The molecule has 0 N–H and O–H groups in total. The number of halogens is 1. The van der Waals surface area contributed by atoms with Crippen LogP contribution >= 0.6 is 11.6 Å². The third-order valence-corrected chi connectivity index (χ3v) is 2.90. The van der Waals surface area contributed by atoms with E-state index in [4.69, 9.17) is 11.6 Å². The number of hydrogen-bond donors (Lipinski definition) is 0. The molecule has 17 heavy (non-hydrogen) atoms. The first-order valence-electron chi connectivity index (χ1n) is 5.34. The highest BCUT2D eigenvalue weighted by Crippen LogP contribution is 2.11. The third-order valence-electron chi connectivity index (χ3n) is 2.69. The smallest absolute Gasteiger partial charge is 0.255 e. The van der Waals surface area contributed by atoms with E-state index in [-0.39, 0.29) is 10.7 Å². The largest absolute Gasteiger partial charge is 0.295 e. The van der Waals surface area contributed by atoms with Crippen molar-refractivity contribution < 1.29 is 0 Å². The Hall–Kier alpha value is -1.61. The molecule has 0 fully saturated rings. The summed E-state index contributed by atoms with van der Waals surface area (Å²) >= 11 is 5.65. The second-order valence-electron chi connectivity index (χ2n) is 4.11. The number of hydrogen-bond acceptors (Lipinski definition) is 2. The molecule has 2 rings (SSSR count). The Morgan fingerprint density at radius 1 is 1.29 bits per heavy atom. The molecule has 0 aliphatic carbocycles. The van der Waals surface area contributed by atoms with Crippen molar-refractivity contribution in [2.45, 2.75) is 20.4 Å². The first-order valence-corrected chi connectivity index (χ1v) is 5.72. The summed E-state index contributed by atoms with van der Waals surface area (Å²) in [5.74, 6) is 0. The molecule has 4 heteroatoms. The van der Waals surface area contributed by atoms with Crippen LogP contribution in [0.1, 0.15) is 16.7 Å². The molecule has 0 spiro atoms. The number of nitrogens with zero attached hydrogens (tertiary/aromatic N) is 2. The summed E-state index contributed by atoms with van der Waals surface area (Å²) in [5, 5.41) is 0.229. The summed E-state index contributed by atoms with van der Waals surface area (Å²) in [4.78, 5) is 15.6. The second-order valence-corrected chi connectivity index (χ2v) is 4.49. The number of aryl methyl sites for hydroxylation is 2. The zero-order valence-electron chi connectivity index (χ0n) is 9.77. The Kier molecular flexibility index (Phi) is 3.29. The lowest BCUT2D eigenvalue weighted by atomic mass is 10.1. The topological polar surface area (TPSA) is 34.9 Å². The minimum atomic E-state index is -0.133. The van der Waals surface area contributed by atoms with Gasteiger partial charge >= 0.3 is 0 Å². The van der Waals surface area contributed by atoms with Crippen molar-refractivity contribution in [3.05, 3.63) is 62.8 Å². The maximum absolute atomic E-state index is 11.7. The monoisotopic (exact) mass is 248 g/mol. The van der Waals surface area contributed by atoms with Gasteiger partial charge in [0, 0.05) is 6.07 Å². The minimum absolute atomic E-state index is 0.133. The van der Waals surface area contributed by atoms with Gasteiger partial charge in [-0.2, -0.15) is 0 Å². The molecular formula is C13H13ClN2O. The van der Waals surface area contributed by atoms with Crippen LogP contribution in [0.2, 0.25) is 5.15 Å². The van der Waals surface area contributed by atoms with Crippen LogP contribution in [0, 0.1) is 13.8 Å². The van der Waals surface area contributed by atoms with E-state index in [1.165, 1.54) is 18.0 Å². The molecule has 3 nitrogen and oxygen atoms in total. The van der Waals surface area contributed by atoms with Gasteiger partial charge in [-0.3, -0.25) is 9.36 Å². The second kappa shape index (κ2) is 4.72. The molecule has 0 aliphatic heterocycles. The molecule has 1 aromatic heterocycles. The van der Waals surface area contributed by atoms with Gasteiger partial charge in [0.2, 0.25) is 0 Å². The van der Waals surface area contributed by atoms with Crippen molar-refractivity contribution in [3.8, 4) is 0 Å². The summed E-state index contributed by atoms with van der Waals surface area (Å²) in [6.45, 7) is 4.59. The SMILES string of the molecule is Cc1ccc(C)c(Cn2cnc(Cl)cc2=O)c1. The zero-order chi connectivity index (χ0) is 12.4. The van der Waals surface area contributed by atoms with E-state index in [0.29, 0.717) is 6.54 Å². The van der Waals surface area contributed by atoms with Gasteiger partial charge in [0.15, 0.2) is 0 Å². The highest BCUT2D eigenvalue weighted by Gasteiger charge is 2.02. The Bertz CT molecular complexity index is 605. The molecule has 0 bridgehead atoms. The molecule has 2 aromatic rings. The Morgan fingerprint density at radius 3 is 2.76 bits per heavy atom. The highest BCUT2D eigenvalue weighted by atomic mass is 35.5. The summed E-state index contributed by atoms with van der Waals surface area (Å²) in [5.41, 5.74) is 3.33. The fourth-order valence-corrected chi connectivity index (χ4v) is 1.81. The molecule has 0 saturated carbocycles. The molecule has 88 valence electrons. The van der Waals surface area contributed by atoms with Crippen molar-refractivity contribution in [1.29, 1.82) is 0 Å². The van der Waals surface area contributed by atoms with Crippen LogP contribution in [0.3, 0.4) is 0 Å². The van der Waals surface area contributed by atoms with Crippen LogP contribution in [0.15, 0.2) is 35.4 Å². The van der Waals surface area contributed by atoms with Crippen LogP contribution in [0.25, 0.3) is 0 Å². The van der Waals surface area contributed by atoms with E-state index < -0.39 is 0 Å². The standard InChI is InChI=1S/C13H13ClN2O/c1-9-3-4-10(2)11(5-9)7-16-8-15-12(14)6-13(16)17/h3-6,8H,7H2,1-2H3. The van der Waals surface area contributed by atoms with Crippen molar-refractivity contribution >= 4 is 11.6 Å². The fraction of sp³-hybridized carbons (Fsp3) is 0.231. The molecule has 1 aromatic carbocycles. The van der Waals surface area contributed by atoms with Crippen molar-refractivity contribution in [3.63, 3.8) is 0 Å². The van der Waals surface area contributed by atoms with Crippen molar-refractivity contribution in [2.24, 2.45) is 0 Å². The quantitative estimate of drug-likeness (QED) is 0.766. The predicted octanol–water partition coefficient (Wildman–Crippen LogP) is 2.56. The van der Waals surface area contributed by atoms with Crippen molar-refractivity contribution in [1.82, 2.24) is 9.55 Å². The fourth-order valence-electron chi connectivity index (χ4n) is 1.68. The van der Waals surface area contributed by atoms with Gasteiger partial charge in [-0.05, 0) is 25.0 Å². The van der Waals surface area contributed by atoms with Gasteiger partial charge in [0.05, 0.1) is 12.9 Å². The Balaban J connectivity index is 2.38. The van der Waals surface area contributed by atoms with Gasteiger partial charge in [0.25, 0.3) is 5.56 Å². The molecule has 0 radical (unpaired) electrons. The average Bonchev–Trinajstić information content (AvgIpc) is 2.27. The maximum Gasteiger partial charge on any atom is 0.255 e. The lowest BCUT2D eigenvalue weighted by Crippen LogP contribution is -2.20. The first kappa shape index (κ1) is 11.9. The molecule has 0 amide bonds. The van der Waals surface area contributed by atoms with Crippen molar-refractivity contribution in [2.75, 3.05) is 0 Å². The summed E-state index contributed by atoms with van der Waals surface area (Å²) in [6.07, 6.45) is 1.48. The van der Waals surface area contributed by atoms with E-state index in [9.17, 15) is 4.79 Å². The molecular weight excluding hydrogens is 236 g/mol. The average molecular weight is 249 g/mol. The van der Waals surface area contributed by atoms with Crippen LogP contribution in [-0.4, -0.2) is 9.55 Å². The van der Waals surface area contributed by atoms with E-state index in [1.807, 2.05) is 13.8 Å². The van der Waals surface area contributed by atoms with Crippen LogP contribution in [-0.2, 0) is 6.54 Å². The number of rotatable bonds is 2. The van der Waals surface area contributed by atoms with Gasteiger partial charge in [-0.25, -0.2) is 4.98 Å². The van der Waals surface area contributed by atoms with Crippen LogP contribution in [0.4, 0.5) is 0 Å². The van der Waals surface area contributed by atoms with Crippen LogP contribution < -0.4 is 5.56 Å². The lowest BCUT2D eigenvalue weighted by molar-refractivity contribution is 0.732. The molecule has 0 unspecified atom stereocenters. The van der Waals surface area contributed by atoms with Gasteiger partial charge in [0.1, 0.15) is 5.15 Å². The Morgan fingerprint density at radius 2 is 2.06 bits per heavy atom. The summed E-state index contributed by atoms with van der Waals surface area (Å²) in [6, 6.07) is 7.52. The molecule has 1 heterocycles. The molecule has 0 aliphatic rings. The van der Waals surface area contributed by atoms with E-state index in [0.717, 1.165) is 11.1 Å². The lowest BCUT2D eigenvalue weighted by Gasteiger charge is -2.09. The first-order chi connectivity index (χ1) is 8.06. The summed E-state index contributed by atoms with van der Waals surface area (Å²) in [7, 11) is 0. The predicted molar refractivity (Wildman–Crippen MR) is 68.5 cm³/mol. The Labute approximate surface area is 105 Å². The maximum atomic E-state index is 11.7. The zero-order valence-corrected chi connectivity index (χ0v) is 10.5. The van der Waals surface area contributed by atoms with Gasteiger partial charge < -0.3 is 0 Å².